The molecule has 0 aromatic heterocycles. The topological polar surface area (TPSA) is 55.8 Å². The molecule has 0 amide bonds. The van der Waals surface area contributed by atoms with E-state index in [0.29, 0.717) is 25.6 Å². The molecule has 0 aliphatic heterocycles. The summed E-state index contributed by atoms with van der Waals surface area (Å²) in [6.07, 6.45) is 1.69. The Morgan fingerprint density at radius 1 is 1.21 bits per heavy atom. The van der Waals surface area contributed by atoms with Gasteiger partial charge in [-0.15, -0.1) is 6.58 Å². The van der Waals surface area contributed by atoms with Crippen molar-refractivity contribution in [3.63, 3.8) is 0 Å². The summed E-state index contributed by atoms with van der Waals surface area (Å²) < 4.78 is 10.9. The van der Waals surface area contributed by atoms with Gasteiger partial charge in [0.1, 0.15) is 5.75 Å². The van der Waals surface area contributed by atoms with Crippen LogP contribution >= 0.6 is 0 Å². The monoisotopic (exact) mass is 264 g/mol. The molecule has 4 heteroatoms. The molecule has 0 saturated carbocycles. The maximum Gasteiger partial charge on any atom is 0.335 e. The number of rotatable bonds is 9. The van der Waals surface area contributed by atoms with E-state index in [1.807, 2.05) is 6.92 Å². The number of hydrogen-bond donors (Lipinski definition) is 1. The number of aromatic carboxylic acids is 1. The van der Waals surface area contributed by atoms with Crippen LogP contribution in [0.5, 0.6) is 5.75 Å². The number of carbonyl (C=O) groups is 1. The molecular formula is C15H20O4. The molecule has 0 spiro atoms. The Bertz CT molecular complexity index is 409. The number of carboxylic acid groups (broad SMARTS) is 1. The number of ether oxygens (including phenoxy) is 2. The Kier molecular flexibility index (Phi) is 6.68. The predicted molar refractivity (Wildman–Crippen MR) is 73.8 cm³/mol. The highest BCUT2D eigenvalue weighted by Gasteiger charge is 2.01. The van der Waals surface area contributed by atoms with Gasteiger partial charge in [-0.25, -0.2) is 4.79 Å². The third-order valence-electron chi connectivity index (χ3n) is 2.48. The van der Waals surface area contributed by atoms with Crippen molar-refractivity contribution >= 4 is 5.97 Å². The highest BCUT2D eigenvalue weighted by molar-refractivity contribution is 5.87. The number of carboxylic acids is 1. The van der Waals surface area contributed by atoms with E-state index in [4.69, 9.17) is 14.6 Å². The third kappa shape index (κ3) is 6.62. The molecule has 19 heavy (non-hydrogen) atoms. The molecule has 1 N–H and O–H groups in total. The van der Waals surface area contributed by atoms with Crippen LogP contribution in [0.15, 0.2) is 36.4 Å². The van der Waals surface area contributed by atoms with Crippen molar-refractivity contribution in [3.05, 3.63) is 42.0 Å². The predicted octanol–water partition coefficient (Wildman–Crippen LogP) is 3.14. The Labute approximate surface area is 113 Å². The molecular weight excluding hydrogens is 244 g/mol. The van der Waals surface area contributed by atoms with E-state index in [0.717, 1.165) is 18.4 Å². The van der Waals surface area contributed by atoms with E-state index in [-0.39, 0.29) is 5.56 Å². The molecule has 4 nitrogen and oxygen atoms in total. The molecule has 1 rings (SSSR count). The van der Waals surface area contributed by atoms with Gasteiger partial charge >= 0.3 is 5.97 Å². The zero-order valence-electron chi connectivity index (χ0n) is 11.2. The molecule has 0 bridgehead atoms. The van der Waals surface area contributed by atoms with Crippen molar-refractivity contribution in [2.75, 3.05) is 19.8 Å². The maximum atomic E-state index is 10.7. The van der Waals surface area contributed by atoms with Crippen LogP contribution in [0, 0.1) is 0 Å². The van der Waals surface area contributed by atoms with Crippen molar-refractivity contribution in [3.8, 4) is 5.75 Å². The average Bonchev–Trinajstić information content (AvgIpc) is 2.38. The maximum absolute atomic E-state index is 10.7. The number of benzene rings is 1. The zero-order valence-corrected chi connectivity index (χ0v) is 11.2. The molecule has 1 aromatic rings. The molecule has 104 valence electrons. The van der Waals surface area contributed by atoms with Crippen LogP contribution in [0.3, 0.4) is 0 Å². The first kappa shape index (κ1) is 15.2. The summed E-state index contributed by atoms with van der Waals surface area (Å²) in [6.45, 7) is 7.69. The van der Waals surface area contributed by atoms with E-state index in [1.165, 1.54) is 12.1 Å². The van der Waals surface area contributed by atoms with Crippen molar-refractivity contribution < 1.29 is 19.4 Å². The lowest BCUT2D eigenvalue weighted by molar-refractivity contribution is 0.0697. The minimum atomic E-state index is -0.933. The van der Waals surface area contributed by atoms with E-state index < -0.39 is 5.97 Å². The summed E-state index contributed by atoms with van der Waals surface area (Å²) in [7, 11) is 0. The molecule has 0 atom stereocenters. The number of hydrogen-bond acceptors (Lipinski definition) is 3. The summed E-state index contributed by atoms with van der Waals surface area (Å²) in [5, 5.41) is 8.75. The van der Waals surface area contributed by atoms with Gasteiger partial charge in [-0.1, -0.05) is 5.57 Å². The highest BCUT2D eigenvalue weighted by Crippen LogP contribution is 2.12. The second-order valence-electron chi connectivity index (χ2n) is 4.35. The normalized spacial score (nSPS) is 10.2. The Morgan fingerprint density at radius 3 is 2.47 bits per heavy atom. The summed E-state index contributed by atoms with van der Waals surface area (Å²) in [6, 6.07) is 6.37. The van der Waals surface area contributed by atoms with E-state index in [9.17, 15) is 4.79 Å². The van der Waals surface area contributed by atoms with Crippen molar-refractivity contribution in [2.45, 2.75) is 19.8 Å². The Balaban J connectivity index is 2.12. The van der Waals surface area contributed by atoms with Crippen LogP contribution in [0.4, 0.5) is 0 Å². The smallest absolute Gasteiger partial charge is 0.335 e. The van der Waals surface area contributed by atoms with Crippen molar-refractivity contribution in [1.29, 1.82) is 0 Å². The average molecular weight is 264 g/mol. The van der Waals surface area contributed by atoms with Crippen LogP contribution in [0.25, 0.3) is 0 Å². The summed E-state index contributed by atoms with van der Waals surface area (Å²) in [4.78, 5) is 10.7. The SMILES string of the molecule is C=C(C)CCOCCCOc1ccc(C(=O)O)cc1. The minimum absolute atomic E-state index is 0.260. The largest absolute Gasteiger partial charge is 0.494 e. The quantitative estimate of drug-likeness (QED) is 0.550. The second-order valence-corrected chi connectivity index (χ2v) is 4.35. The zero-order chi connectivity index (χ0) is 14.1. The summed E-state index contributed by atoms with van der Waals surface area (Å²) in [5.41, 5.74) is 1.38. The van der Waals surface area contributed by atoms with Crippen LogP contribution in [0.1, 0.15) is 30.1 Å². The van der Waals surface area contributed by atoms with Crippen LogP contribution in [0.2, 0.25) is 0 Å². The van der Waals surface area contributed by atoms with Gasteiger partial charge in [0.15, 0.2) is 0 Å². The second kappa shape index (κ2) is 8.32. The van der Waals surface area contributed by atoms with Crippen LogP contribution in [-0.4, -0.2) is 30.9 Å². The molecule has 1 aromatic carbocycles. The third-order valence-corrected chi connectivity index (χ3v) is 2.48. The first-order valence-electron chi connectivity index (χ1n) is 6.28. The molecule has 0 heterocycles. The fourth-order valence-electron chi connectivity index (χ4n) is 1.39. The Hall–Kier alpha value is -1.81. The van der Waals surface area contributed by atoms with Crippen molar-refractivity contribution in [2.24, 2.45) is 0 Å². The van der Waals surface area contributed by atoms with Gasteiger partial charge in [0, 0.05) is 13.0 Å². The first-order chi connectivity index (χ1) is 9.09. The molecule has 0 aliphatic rings. The molecule has 0 saturated heterocycles. The van der Waals surface area contributed by atoms with Gasteiger partial charge in [-0.05, 0) is 37.6 Å². The molecule has 0 radical (unpaired) electrons. The summed E-state index contributed by atoms with van der Waals surface area (Å²) in [5.74, 6) is -0.260. The van der Waals surface area contributed by atoms with E-state index in [2.05, 4.69) is 6.58 Å². The van der Waals surface area contributed by atoms with Crippen LogP contribution < -0.4 is 4.74 Å². The lowest BCUT2D eigenvalue weighted by Crippen LogP contribution is -2.04. The van der Waals surface area contributed by atoms with Gasteiger partial charge in [-0.3, -0.25) is 0 Å². The lowest BCUT2D eigenvalue weighted by atomic mass is 10.2. The van der Waals surface area contributed by atoms with Gasteiger partial charge in [0.25, 0.3) is 0 Å². The first-order valence-corrected chi connectivity index (χ1v) is 6.28. The lowest BCUT2D eigenvalue weighted by Gasteiger charge is -2.07. The summed E-state index contributed by atoms with van der Waals surface area (Å²) >= 11 is 0. The minimum Gasteiger partial charge on any atom is -0.494 e. The highest BCUT2D eigenvalue weighted by atomic mass is 16.5. The molecule has 0 aliphatic carbocycles. The molecule has 0 fully saturated rings. The van der Waals surface area contributed by atoms with Crippen molar-refractivity contribution in [1.82, 2.24) is 0 Å². The standard InChI is InChI=1S/C15H20O4/c1-12(2)8-11-18-9-3-10-19-14-6-4-13(5-7-14)15(16)17/h4-7H,1,3,8-11H2,2H3,(H,16,17). The van der Waals surface area contributed by atoms with Gasteiger partial charge < -0.3 is 14.6 Å². The van der Waals surface area contributed by atoms with Gasteiger partial charge in [0.2, 0.25) is 0 Å². The van der Waals surface area contributed by atoms with E-state index >= 15 is 0 Å². The fraction of sp³-hybridized carbons (Fsp3) is 0.400. The Morgan fingerprint density at radius 2 is 1.89 bits per heavy atom. The fourth-order valence-corrected chi connectivity index (χ4v) is 1.39. The molecule has 0 unspecified atom stereocenters. The van der Waals surface area contributed by atoms with E-state index in [1.54, 1.807) is 12.1 Å². The van der Waals surface area contributed by atoms with Gasteiger partial charge in [-0.2, -0.15) is 0 Å². The van der Waals surface area contributed by atoms with Crippen LogP contribution in [-0.2, 0) is 4.74 Å². The van der Waals surface area contributed by atoms with Gasteiger partial charge in [0.05, 0.1) is 18.8 Å².